The maximum atomic E-state index is 12.8. The number of hydrogen-bond donors (Lipinski definition) is 1. The SMILES string of the molecule is C/C(=C\c1ccc(F)cc1)C(=O)NS(=O)(=O)CC1CC1. The topological polar surface area (TPSA) is 63.2 Å². The average Bonchev–Trinajstić information content (AvgIpc) is 3.14. The first kappa shape index (κ1) is 14.7. The second kappa shape index (κ2) is 5.75. The second-order valence-electron chi connectivity index (χ2n) is 5.03. The van der Waals surface area contributed by atoms with Gasteiger partial charge in [0.25, 0.3) is 5.91 Å². The maximum Gasteiger partial charge on any atom is 0.260 e. The molecule has 1 aromatic carbocycles. The smallest absolute Gasteiger partial charge is 0.260 e. The van der Waals surface area contributed by atoms with Crippen LogP contribution in [0.1, 0.15) is 25.3 Å². The van der Waals surface area contributed by atoms with E-state index in [4.69, 9.17) is 0 Å². The first-order valence-electron chi connectivity index (χ1n) is 6.34. The highest BCUT2D eigenvalue weighted by atomic mass is 32.2. The minimum Gasteiger partial charge on any atom is -0.269 e. The van der Waals surface area contributed by atoms with Gasteiger partial charge in [0, 0.05) is 5.57 Å². The summed E-state index contributed by atoms with van der Waals surface area (Å²) in [5.41, 5.74) is 0.898. The summed E-state index contributed by atoms with van der Waals surface area (Å²) in [6.07, 6.45) is 3.32. The van der Waals surface area contributed by atoms with Crippen molar-refractivity contribution in [1.29, 1.82) is 0 Å². The van der Waals surface area contributed by atoms with Crippen LogP contribution in [0.5, 0.6) is 0 Å². The van der Waals surface area contributed by atoms with Crippen LogP contribution in [0.2, 0.25) is 0 Å². The third-order valence-corrected chi connectivity index (χ3v) is 4.42. The Morgan fingerprint density at radius 1 is 1.35 bits per heavy atom. The Hall–Kier alpha value is -1.69. The summed E-state index contributed by atoms with van der Waals surface area (Å²) in [6, 6.07) is 5.59. The Morgan fingerprint density at radius 2 is 1.95 bits per heavy atom. The molecular weight excluding hydrogens is 281 g/mol. The van der Waals surface area contributed by atoms with Crippen LogP contribution in [0.15, 0.2) is 29.8 Å². The van der Waals surface area contributed by atoms with Gasteiger partial charge in [0.2, 0.25) is 10.0 Å². The monoisotopic (exact) mass is 297 g/mol. The van der Waals surface area contributed by atoms with Gasteiger partial charge in [-0.25, -0.2) is 17.5 Å². The van der Waals surface area contributed by atoms with Crippen molar-refractivity contribution in [1.82, 2.24) is 4.72 Å². The lowest BCUT2D eigenvalue weighted by atomic mass is 10.1. The molecule has 0 spiro atoms. The van der Waals surface area contributed by atoms with Crippen molar-refractivity contribution in [2.24, 2.45) is 5.92 Å². The molecule has 6 heteroatoms. The number of carbonyl (C=O) groups is 1. The molecule has 1 aliphatic rings. The second-order valence-corrected chi connectivity index (χ2v) is 6.80. The first-order chi connectivity index (χ1) is 9.35. The van der Waals surface area contributed by atoms with E-state index in [0.717, 1.165) is 12.8 Å². The molecule has 4 nitrogen and oxygen atoms in total. The van der Waals surface area contributed by atoms with E-state index >= 15 is 0 Å². The largest absolute Gasteiger partial charge is 0.269 e. The van der Waals surface area contributed by atoms with Gasteiger partial charge in [0.1, 0.15) is 5.82 Å². The third kappa shape index (κ3) is 4.45. The predicted molar refractivity (Wildman–Crippen MR) is 74.7 cm³/mol. The summed E-state index contributed by atoms with van der Waals surface area (Å²) in [5, 5.41) is 0. The standard InChI is InChI=1S/C14H16FNO3S/c1-10(8-11-4-6-13(15)7-5-11)14(17)16-20(18,19)9-12-2-3-12/h4-8,12H,2-3,9H2,1H3,(H,16,17)/b10-8+. The van der Waals surface area contributed by atoms with Gasteiger partial charge < -0.3 is 0 Å². The molecule has 2 rings (SSSR count). The lowest BCUT2D eigenvalue weighted by molar-refractivity contribution is -0.115. The summed E-state index contributed by atoms with van der Waals surface area (Å²) in [5.74, 6) is -0.823. The number of nitrogens with one attached hydrogen (secondary N) is 1. The highest BCUT2D eigenvalue weighted by molar-refractivity contribution is 7.90. The van der Waals surface area contributed by atoms with E-state index in [1.54, 1.807) is 0 Å². The van der Waals surface area contributed by atoms with E-state index in [1.165, 1.54) is 37.3 Å². The summed E-state index contributed by atoms with van der Waals surface area (Å²) in [6.45, 7) is 1.52. The number of sulfonamides is 1. The van der Waals surface area contributed by atoms with Crippen molar-refractivity contribution in [2.45, 2.75) is 19.8 Å². The zero-order valence-electron chi connectivity index (χ0n) is 11.1. The van der Waals surface area contributed by atoms with Gasteiger partial charge in [0.05, 0.1) is 5.75 Å². The van der Waals surface area contributed by atoms with Crippen molar-refractivity contribution in [3.63, 3.8) is 0 Å². The molecule has 0 heterocycles. The van der Waals surface area contributed by atoms with Crippen molar-refractivity contribution in [3.8, 4) is 0 Å². The molecule has 1 aromatic rings. The van der Waals surface area contributed by atoms with E-state index in [0.29, 0.717) is 5.56 Å². The maximum absolute atomic E-state index is 12.8. The molecule has 0 aromatic heterocycles. The van der Waals surface area contributed by atoms with Crippen molar-refractivity contribution in [2.75, 3.05) is 5.75 Å². The summed E-state index contributed by atoms with van der Waals surface area (Å²) in [7, 11) is -3.56. The van der Waals surface area contributed by atoms with Crippen LogP contribution in [-0.4, -0.2) is 20.1 Å². The van der Waals surface area contributed by atoms with Gasteiger partial charge in [-0.3, -0.25) is 4.79 Å². The molecule has 1 saturated carbocycles. The average molecular weight is 297 g/mol. The minimum absolute atomic E-state index is 0.00255. The van der Waals surface area contributed by atoms with Gasteiger partial charge >= 0.3 is 0 Å². The Morgan fingerprint density at radius 3 is 2.50 bits per heavy atom. The van der Waals surface area contributed by atoms with Gasteiger partial charge in [-0.2, -0.15) is 0 Å². The molecule has 0 bridgehead atoms. The number of rotatable bonds is 5. The van der Waals surface area contributed by atoms with E-state index in [1.807, 2.05) is 4.72 Å². The number of hydrogen-bond acceptors (Lipinski definition) is 3. The highest BCUT2D eigenvalue weighted by Gasteiger charge is 2.29. The normalized spacial score (nSPS) is 16.0. The zero-order chi connectivity index (χ0) is 14.8. The molecule has 0 unspecified atom stereocenters. The number of benzene rings is 1. The van der Waals surface area contributed by atoms with Crippen molar-refractivity contribution >= 4 is 22.0 Å². The van der Waals surface area contributed by atoms with Crippen molar-refractivity contribution < 1.29 is 17.6 Å². The summed E-state index contributed by atoms with van der Waals surface area (Å²) < 4.78 is 38.2. The summed E-state index contributed by atoms with van der Waals surface area (Å²) in [4.78, 5) is 11.8. The Bertz CT molecular complexity index is 631. The zero-order valence-corrected chi connectivity index (χ0v) is 11.9. The number of amides is 1. The van der Waals surface area contributed by atoms with Crippen molar-refractivity contribution in [3.05, 3.63) is 41.2 Å². The van der Waals surface area contributed by atoms with Gasteiger partial charge in [-0.05, 0) is 49.5 Å². The molecule has 1 aliphatic carbocycles. The molecule has 0 atom stereocenters. The Kier molecular flexibility index (Phi) is 4.23. The molecule has 0 saturated heterocycles. The highest BCUT2D eigenvalue weighted by Crippen LogP contribution is 2.29. The van der Waals surface area contributed by atoms with E-state index in [-0.39, 0.29) is 23.1 Å². The van der Waals surface area contributed by atoms with Crippen LogP contribution in [-0.2, 0) is 14.8 Å². The third-order valence-electron chi connectivity index (χ3n) is 3.01. The van der Waals surface area contributed by atoms with E-state index in [2.05, 4.69) is 0 Å². The van der Waals surface area contributed by atoms with E-state index < -0.39 is 15.9 Å². The lowest BCUT2D eigenvalue weighted by Crippen LogP contribution is -2.33. The molecule has 0 radical (unpaired) electrons. The molecule has 1 N–H and O–H groups in total. The fourth-order valence-electron chi connectivity index (χ4n) is 1.73. The Balaban J connectivity index is 2.02. The molecular formula is C14H16FNO3S. The van der Waals surface area contributed by atoms with Gasteiger partial charge in [-0.15, -0.1) is 0 Å². The number of carbonyl (C=O) groups excluding carboxylic acids is 1. The van der Waals surface area contributed by atoms with E-state index in [9.17, 15) is 17.6 Å². The minimum atomic E-state index is -3.56. The van der Waals surface area contributed by atoms with Crippen LogP contribution in [0.25, 0.3) is 6.08 Å². The van der Waals surface area contributed by atoms with Crippen LogP contribution >= 0.6 is 0 Å². The molecule has 20 heavy (non-hydrogen) atoms. The van der Waals surface area contributed by atoms with Crippen LogP contribution in [0.4, 0.5) is 4.39 Å². The quantitative estimate of drug-likeness (QED) is 0.846. The molecule has 1 amide bonds. The summed E-state index contributed by atoms with van der Waals surface area (Å²) >= 11 is 0. The van der Waals surface area contributed by atoms with Gasteiger partial charge in [-0.1, -0.05) is 12.1 Å². The number of halogens is 1. The van der Waals surface area contributed by atoms with Gasteiger partial charge in [0.15, 0.2) is 0 Å². The molecule has 0 aliphatic heterocycles. The lowest BCUT2D eigenvalue weighted by Gasteiger charge is -2.06. The molecule has 108 valence electrons. The van der Waals surface area contributed by atoms with Crippen LogP contribution in [0.3, 0.4) is 0 Å². The van der Waals surface area contributed by atoms with Crippen LogP contribution in [0, 0.1) is 11.7 Å². The Labute approximate surface area is 117 Å². The fourth-order valence-corrected chi connectivity index (χ4v) is 3.21. The molecule has 1 fully saturated rings. The fraction of sp³-hybridized carbons (Fsp3) is 0.357. The predicted octanol–water partition coefficient (Wildman–Crippen LogP) is 2.08. The van der Waals surface area contributed by atoms with Crippen LogP contribution < -0.4 is 4.72 Å². The first-order valence-corrected chi connectivity index (χ1v) is 7.99.